The second-order valence-electron chi connectivity index (χ2n) is 7.03. The van der Waals surface area contributed by atoms with E-state index in [1.807, 2.05) is 44.2 Å². The number of hydrogen-bond acceptors (Lipinski definition) is 4. The number of nitrogens with zero attached hydrogens (tertiary/aromatic N) is 1. The van der Waals surface area contributed by atoms with Crippen LogP contribution in [0.3, 0.4) is 0 Å². The van der Waals surface area contributed by atoms with Crippen LogP contribution in [0.4, 0.5) is 0 Å². The topological polar surface area (TPSA) is 51.9 Å². The second-order valence-corrected chi connectivity index (χ2v) is 7.03. The van der Waals surface area contributed by atoms with Crippen molar-refractivity contribution in [1.29, 1.82) is 0 Å². The molecule has 3 aromatic rings. The first-order valence-corrected chi connectivity index (χ1v) is 9.23. The van der Waals surface area contributed by atoms with Crippen LogP contribution in [0.15, 0.2) is 59.0 Å². The van der Waals surface area contributed by atoms with Gasteiger partial charge in [-0.25, -0.2) is 0 Å². The Hall–Kier alpha value is -2.79. The minimum absolute atomic E-state index is 0.0309. The molecule has 0 radical (unpaired) electrons. The zero-order valence-electron chi connectivity index (χ0n) is 15.6. The molecule has 1 aliphatic rings. The minimum Gasteiger partial charge on any atom is -0.486 e. The van der Waals surface area contributed by atoms with Crippen LogP contribution >= 0.6 is 0 Å². The molecule has 0 bridgehead atoms. The third-order valence-electron chi connectivity index (χ3n) is 4.68. The summed E-state index contributed by atoms with van der Waals surface area (Å²) in [7, 11) is 0. The Bertz CT molecular complexity index is 938. The summed E-state index contributed by atoms with van der Waals surface area (Å²) in [6.07, 6.45) is 0.0618. The molecule has 2 atom stereocenters. The minimum atomic E-state index is -0.103. The quantitative estimate of drug-likeness (QED) is 0.693. The largest absolute Gasteiger partial charge is 0.486 e. The molecule has 0 saturated carbocycles. The van der Waals surface area contributed by atoms with Gasteiger partial charge in [0, 0.05) is 13.1 Å². The number of hydrogen-bond donors (Lipinski definition) is 0. The van der Waals surface area contributed by atoms with Gasteiger partial charge in [-0.15, -0.1) is 0 Å². The summed E-state index contributed by atoms with van der Waals surface area (Å²) in [5, 5.41) is 2.30. The Labute approximate surface area is 158 Å². The van der Waals surface area contributed by atoms with Gasteiger partial charge in [0.2, 0.25) is 0 Å². The van der Waals surface area contributed by atoms with Crippen molar-refractivity contribution in [1.82, 2.24) is 4.90 Å². The van der Waals surface area contributed by atoms with Crippen LogP contribution in [0.2, 0.25) is 0 Å². The number of carbonyl (C=O) groups excluding carboxylic acids is 1. The van der Waals surface area contributed by atoms with Crippen molar-refractivity contribution in [2.75, 3.05) is 13.1 Å². The average molecular weight is 365 g/mol. The van der Waals surface area contributed by atoms with Gasteiger partial charge >= 0.3 is 0 Å². The predicted molar refractivity (Wildman–Crippen MR) is 103 cm³/mol. The smallest absolute Gasteiger partial charge is 0.289 e. The summed E-state index contributed by atoms with van der Waals surface area (Å²) in [6, 6.07) is 17.6. The van der Waals surface area contributed by atoms with E-state index in [4.69, 9.17) is 13.9 Å². The highest BCUT2D eigenvalue weighted by Gasteiger charge is 2.28. The zero-order chi connectivity index (χ0) is 18.8. The van der Waals surface area contributed by atoms with Crippen molar-refractivity contribution in [2.45, 2.75) is 32.7 Å². The lowest BCUT2D eigenvalue weighted by Gasteiger charge is -2.34. The van der Waals surface area contributed by atoms with E-state index < -0.39 is 0 Å². The van der Waals surface area contributed by atoms with Gasteiger partial charge in [0.25, 0.3) is 5.91 Å². The van der Waals surface area contributed by atoms with Crippen molar-refractivity contribution in [3.63, 3.8) is 0 Å². The second kappa shape index (κ2) is 7.45. The summed E-state index contributed by atoms with van der Waals surface area (Å²) in [5.41, 5.74) is 0. The molecule has 1 fully saturated rings. The van der Waals surface area contributed by atoms with Crippen molar-refractivity contribution in [3.8, 4) is 5.75 Å². The van der Waals surface area contributed by atoms with Crippen molar-refractivity contribution in [3.05, 3.63) is 66.1 Å². The molecular formula is C22H23NO4. The van der Waals surface area contributed by atoms with Crippen LogP contribution < -0.4 is 4.74 Å². The molecule has 1 amide bonds. The van der Waals surface area contributed by atoms with Gasteiger partial charge in [-0.1, -0.05) is 30.3 Å². The van der Waals surface area contributed by atoms with Gasteiger partial charge in [-0.2, -0.15) is 0 Å². The number of rotatable bonds is 4. The fourth-order valence-electron chi connectivity index (χ4n) is 3.48. The molecule has 140 valence electrons. The lowest BCUT2D eigenvalue weighted by molar-refractivity contribution is -0.0592. The van der Waals surface area contributed by atoms with Crippen molar-refractivity contribution >= 4 is 16.7 Å². The van der Waals surface area contributed by atoms with Crippen LogP contribution in [0, 0.1) is 0 Å². The average Bonchev–Trinajstić information content (AvgIpc) is 3.14. The first kappa shape index (κ1) is 17.6. The molecule has 0 aliphatic carbocycles. The summed E-state index contributed by atoms with van der Waals surface area (Å²) in [5.74, 6) is 1.64. The van der Waals surface area contributed by atoms with Crippen LogP contribution in [0.5, 0.6) is 5.75 Å². The first-order valence-electron chi connectivity index (χ1n) is 9.23. The maximum Gasteiger partial charge on any atom is 0.289 e. The van der Waals surface area contributed by atoms with Gasteiger partial charge in [0.1, 0.15) is 18.1 Å². The molecular weight excluding hydrogens is 342 g/mol. The molecule has 0 N–H and O–H groups in total. The van der Waals surface area contributed by atoms with E-state index in [2.05, 4.69) is 12.1 Å². The molecule has 1 aliphatic heterocycles. The third-order valence-corrected chi connectivity index (χ3v) is 4.68. The summed E-state index contributed by atoms with van der Waals surface area (Å²) in [4.78, 5) is 14.4. The van der Waals surface area contributed by atoms with Gasteiger partial charge in [0.15, 0.2) is 5.76 Å². The van der Waals surface area contributed by atoms with E-state index in [0.717, 1.165) is 11.1 Å². The monoisotopic (exact) mass is 365 g/mol. The molecule has 1 aromatic heterocycles. The summed E-state index contributed by atoms with van der Waals surface area (Å²) >= 11 is 0. The number of furan rings is 1. The predicted octanol–water partition coefficient (Wildman–Crippen LogP) is 4.26. The van der Waals surface area contributed by atoms with Crippen LogP contribution in [0.1, 0.15) is 30.2 Å². The van der Waals surface area contributed by atoms with E-state index in [9.17, 15) is 4.79 Å². The van der Waals surface area contributed by atoms with E-state index in [0.29, 0.717) is 24.6 Å². The van der Waals surface area contributed by atoms with E-state index in [1.165, 1.54) is 5.39 Å². The van der Waals surface area contributed by atoms with E-state index in [1.54, 1.807) is 17.0 Å². The van der Waals surface area contributed by atoms with Crippen molar-refractivity contribution in [2.24, 2.45) is 0 Å². The highest BCUT2D eigenvalue weighted by molar-refractivity contribution is 5.91. The Morgan fingerprint density at radius 2 is 1.78 bits per heavy atom. The third kappa shape index (κ3) is 3.98. The number of benzene rings is 2. The zero-order valence-corrected chi connectivity index (χ0v) is 15.6. The van der Waals surface area contributed by atoms with Gasteiger partial charge in [-0.3, -0.25) is 4.79 Å². The number of carbonyl (C=O) groups is 1. The molecule has 2 heterocycles. The number of amides is 1. The molecule has 1 saturated heterocycles. The standard InChI is InChI=1S/C22H23NO4/c1-15-12-23(13-16(2)26-15)22(24)21-10-9-20(27-21)14-25-19-8-7-17-5-3-4-6-18(17)11-19/h3-11,15-16H,12-14H2,1-2H3/t15-,16-/m1/s1. The Balaban J connectivity index is 1.40. The highest BCUT2D eigenvalue weighted by atomic mass is 16.5. The van der Waals surface area contributed by atoms with Crippen molar-refractivity contribution < 1.29 is 18.7 Å². The Morgan fingerprint density at radius 1 is 1.04 bits per heavy atom. The van der Waals surface area contributed by atoms with Gasteiger partial charge < -0.3 is 18.8 Å². The maximum atomic E-state index is 12.7. The SMILES string of the molecule is C[C@@H]1CN(C(=O)c2ccc(COc3ccc4ccccc4c3)o2)C[C@@H](C)O1. The van der Waals surface area contributed by atoms with Gasteiger partial charge in [-0.05, 0) is 48.9 Å². The van der Waals surface area contributed by atoms with Gasteiger partial charge in [0.05, 0.1) is 12.2 Å². The number of ether oxygens (including phenoxy) is 2. The molecule has 0 spiro atoms. The lowest BCUT2D eigenvalue weighted by Crippen LogP contribution is -2.48. The molecule has 27 heavy (non-hydrogen) atoms. The number of morpholine rings is 1. The van der Waals surface area contributed by atoms with E-state index >= 15 is 0 Å². The molecule has 2 aromatic carbocycles. The molecule has 4 rings (SSSR count). The number of fused-ring (bicyclic) bond motifs is 1. The summed E-state index contributed by atoms with van der Waals surface area (Å²) < 4.78 is 17.2. The maximum absolute atomic E-state index is 12.7. The summed E-state index contributed by atoms with van der Waals surface area (Å²) in [6.45, 7) is 5.38. The lowest BCUT2D eigenvalue weighted by atomic mass is 10.1. The first-order chi connectivity index (χ1) is 13.1. The Kier molecular flexibility index (Phi) is 4.86. The highest BCUT2D eigenvalue weighted by Crippen LogP contribution is 2.22. The fraction of sp³-hybridized carbons (Fsp3) is 0.318. The molecule has 5 heteroatoms. The molecule has 5 nitrogen and oxygen atoms in total. The van der Waals surface area contributed by atoms with E-state index in [-0.39, 0.29) is 24.7 Å². The van der Waals surface area contributed by atoms with Crippen LogP contribution in [0.25, 0.3) is 10.8 Å². The van der Waals surface area contributed by atoms with Crippen LogP contribution in [-0.4, -0.2) is 36.1 Å². The molecule has 0 unspecified atom stereocenters. The normalized spacial score (nSPS) is 20.0. The fourth-order valence-corrected chi connectivity index (χ4v) is 3.48. The van der Waals surface area contributed by atoms with Crippen LogP contribution in [-0.2, 0) is 11.3 Å². The Morgan fingerprint density at radius 3 is 2.56 bits per heavy atom.